The van der Waals surface area contributed by atoms with Gasteiger partial charge >= 0.3 is 11.8 Å². The number of nitrogens with zero attached hydrogens (tertiary/aromatic N) is 5. The van der Waals surface area contributed by atoms with Crippen LogP contribution in [0.4, 0.5) is 0 Å². The van der Waals surface area contributed by atoms with Gasteiger partial charge < -0.3 is 31.9 Å². The second-order valence-electron chi connectivity index (χ2n) is 12.9. The molecule has 0 saturated carbocycles. The van der Waals surface area contributed by atoms with Crippen LogP contribution in [0.2, 0.25) is 10.0 Å². The Labute approximate surface area is 336 Å². The lowest BCUT2D eigenvalue weighted by molar-refractivity contribution is -0.734. The molecule has 0 bridgehead atoms. The highest BCUT2D eigenvalue weighted by Gasteiger charge is 2.43. The number of para-hydroxylation sites is 2. The minimum absolute atomic E-state index is 0. The zero-order valence-electron chi connectivity index (χ0n) is 29.2. The zero-order chi connectivity index (χ0) is 35.9. The fourth-order valence-corrected chi connectivity index (χ4v) is 7.02. The Morgan fingerprint density at radius 2 is 1.54 bits per heavy atom. The van der Waals surface area contributed by atoms with Crippen molar-refractivity contribution in [1.29, 1.82) is 0 Å². The third-order valence-corrected chi connectivity index (χ3v) is 10.0. The molecule has 2 aliphatic heterocycles. The first kappa shape index (κ1) is 40.5. The average Bonchev–Trinajstić information content (AvgIpc) is 3.78. The quantitative estimate of drug-likeness (QED) is 0.196. The number of likely N-dealkylation sites (tertiary alicyclic amines) is 1. The minimum atomic E-state index is -0.743. The molecule has 0 aliphatic carbocycles. The number of carboxylic acid groups (broad SMARTS) is 1. The number of carbonyl (C=O) groups is 1. The lowest BCUT2D eigenvalue weighted by atomic mass is 9.74. The number of hydrogen-bond donors (Lipinski definition) is 1. The molecule has 2 aliphatic rings. The number of rotatable bonds is 9. The number of piperidine rings is 1. The van der Waals surface area contributed by atoms with E-state index in [0.29, 0.717) is 35.6 Å². The Bertz CT molecular complexity index is 2070. The predicted molar refractivity (Wildman–Crippen MR) is 208 cm³/mol. The number of ether oxygens (including phenoxy) is 2. The van der Waals surface area contributed by atoms with Gasteiger partial charge in [-0.2, -0.15) is 0 Å². The second kappa shape index (κ2) is 18.6. The highest BCUT2D eigenvalue weighted by Crippen LogP contribution is 2.46. The first-order chi connectivity index (χ1) is 25.4. The molecule has 3 heterocycles. The average molecular weight is 808 g/mol. The second-order valence-corrected chi connectivity index (χ2v) is 13.7. The molecule has 0 unspecified atom stereocenters. The van der Waals surface area contributed by atoms with Gasteiger partial charge in [-0.3, -0.25) is 4.79 Å². The van der Waals surface area contributed by atoms with Crippen LogP contribution in [0.1, 0.15) is 30.4 Å². The van der Waals surface area contributed by atoms with Crippen LogP contribution in [0.5, 0.6) is 11.5 Å². The van der Waals surface area contributed by atoms with E-state index in [-0.39, 0.29) is 36.6 Å². The molecular formula is C41H39Cl4N5O4. The number of halogens is 4. The molecule has 5 aromatic carbocycles. The van der Waals surface area contributed by atoms with Crippen LogP contribution in [0.15, 0.2) is 127 Å². The van der Waals surface area contributed by atoms with Crippen molar-refractivity contribution < 1.29 is 36.6 Å². The first-order valence-corrected chi connectivity index (χ1v) is 18.0. The van der Waals surface area contributed by atoms with Crippen LogP contribution in [-0.2, 0) is 16.8 Å². The Hall–Kier alpha value is -4.64. The highest BCUT2D eigenvalue weighted by molar-refractivity contribution is 6.35. The molecule has 9 nitrogen and oxygen atoms in total. The van der Waals surface area contributed by atoms with Gasteiger partial charge in [0, 0.05) is 44.0 Å². The predicted octanol–water partition coefficient (Wildman–Crippen LogP) is 5.41. The van der Waals surface area contributed by atoms with Crippen molar-refractivity contribution in [2.24, 2.45) is 0 Å². The Balaban J connectivity index is 0.000000205. The van der Waals surface area contributed by atoms with Gasteiger partial charge in [0.05, 0.1) is 23.7 Å². The molecule has 54 heavy (non-hydrogen) atoms. The van der Waals surface area contributed by atoms with E-state index in [1.54, 1.807) is 12.1 Å². The normalized spacial score (nSPS) is 14.0. The summed E-state index contributed by atoms with van der Waals surface area (Å²) in [6, 6.07) is 41.4. The summed E-state index contributed by atoms with van der Waals surface area (Å²) in [4.78, 5) is 16.7. The third kappa shape index (κ3) is 9.53. The summed E-state index contributed by atoms with van der Waals surface area (Å²) in [5, 5.41) is 19.5. The molecule has 1 fully saturated rings. The molecule has 1 aromatic heterocycles. The van der Waals surface area contributed by atoms with Gasteiger partial charge in [0.1, 0.15) is 23.8 Å². The lowest BCUT2D eigenvalue weighted by Crippen LogP contribution is -3.00. The van der Waals surface area contributed by atoms with Gasteiger partial charge in [-0.15, -0.1) is 12.4 Å². The topological polar surface area (TPSA) is 93.6 Å². The summed E-state index contributed by atoms with van der Waals surface area (Å²) < 4.78 is 11.9. The molecule has 8 rings (SSSR count). The van der Waals surface area contributed by atoms with E-state index >= 15 is 0 Å². The van der Waals surface area contributed by atoms with Crippen molar-refractivity contribution in [3.8, 4) is 34.3 Å². The lowest BCUT2D eigenvalue weighted by Gasteiger charge is -2.38. The Morgan fingerprint density at radius 1 is 0.870 bits per heavy atom. The number of fused-ring (bicyclic) bond motifs is 2. The van der Waals surface area contributed by atoms with E-state index in [1.807, 2.05) is 119 Å². The summed E-state index contributed by atoms with van der Waals surface area (Å²) in [5.74, 6) is 1.57. The van der Waals surface area contributed by atoms with Crippen LogP contribution in [0, 0.1) is 0 Å². The third-order valence-electron chi connectivity index (χ3n) is 9.46. The zero-order valence-corrected chi connectivity index (χ0v) is 32.3. The largest absolute Gasteiger partial charge is 1.00 e. The van der Waals surface area contributed by atoms with Crippen LogP contribution in [-0.4, -0.2) is 57.2 Å². The summed E-state index contributed by atoms with van der Waals surface area (Å²) >= 11 is 12.2. The number of benzene rings is 5. The van der Waals surface area contributed by atoms with E-state index in [2.05, 4.69) is 11.0 Å². The summed E-state index contributed by atoms with van der Waals surface area (Å²) in [6.45, 7) is 3.42. The smallest absolute Gasteiger partial charge is 0.340 e. The number of tetrazole rings is 1. The van der Waals surface area contributed by atoms with Gasteiger partial charge in [-0.25, -0.2) is 0 Å². The monoisotopic (exact) mass is 805 g/mol. The van der Waals surface area contributed by atoms with Crippen LogP contribution >= 0.6 is 35.6 Å². The van der Waals surface area contributed by atoms with Crippen LogP contribution in [0.25, 0.3) is 22.8 Å². The SMILES string of the molecule is Cl.O=C(O)CCN1CCC2(CC1)COc1cc(OCc3ccc(Cl)cc3Cl)ccc12.[Cl-].c1ccc(-c2nn(-c3ccccc3)[n+](-c3ccccc3)n2)cc1. The van der Waals surface area contributed by atoms with E-state index in [0.717, 1.165) is 59.9 Å². The van der Waals surface area contributed by atoms with E-state index in [1.165, 1.54) is 5.56 Å². The Morgan fingerprint density at radius 3 is 2.20 bits per heavy atom. The van der Waals surface area contributed by atoms with E-state index in [4.69, 9.17) is 48.0 Å². The van der Waals surface area contributed by atoms with Crippen molar-refractivity contribution >= 4 is 41.6 Å². The summed E-state index contributed by atoms with van der Waals surface area (Å²) in [5.41, 5.74) is 5.05. The first-order valence-electron chi connectivity index (χ1n) is 17.2. The molecule has 1 spiro atoms. The number of carboxylic acids is 1. The van der Waals surface area contributed by atoms with Gasteiger partial charge in [-0.05, 0) is 90.4 Å². The maximum atomic E-state index is 10.8. The number of hydrogen-bond acceptors (Lipinski definition) is 6. The standard InChI is InChI=1S/C22H23Cl2NO4.C19H15N4.2ClH/c23-16-2-1-15(19(24)11-16)13-28-17-3-4-18-20(12-17)29-14-22(18)6-9-25(10-7-22)8-5-21(26)27;1-4-10-16(11-5-1)19-20-22(17-12-6-2-7-13-17)23(21-19)18-14-8-3-9-15-18;;/h1-4,11-12H,5-10,13-14H2,(H,26,27);1-15H;2*1H/q;+1;;/p-1. The van der Waals surface area contributed by atoms with Gasteiger partial charge in [0.15, 0.2) is 5.69 Å². The summed E-state index contributed by atoms with van der Waals surface area (Å²) in [7, 11) is 0. The molecule has 280 valence electrons. The van der Waals surface area contributed by atoms with Crippen LogP contribution < -0.4 is 26.7 Å². The maximum absolute atomic E-state index is 10.8. The highest BCUT2D eigenvalue weighted by atomic mass is 35.5. The molecule has 1 saturated heterocycles. The molecule has 0 radical (unpaired) electrons. The molecule has 13 heteroatoms. The van der Waals surface area contributed by atoms with Crippen molar-refractivity contribution in [2.75, 3.05) is 26.2 Å². The summed E-state index contributed by atoms with van der Waals surface area (Å²) in [6.07, 6.45) is 2.14. The maximum Gasteiger partial charge on any atom is 0.340 e. The Kier molecular flexibility index (Phi) is 14.0. The van der Waals surface area contributed by atoms with Crippen molar-refractivity contribution in [1.82, 2.24) is 19.9 Å². The fraction of sp³-hybridized carbons (Fsp3) is 0.220. The van der Waals surface area contributed by atoms with Gasteiger partial charge in [0.25, 0.3) is 0 Å². The minimum Gasteiger partial charge on any atom is -1.00 e. The van der Waals surface area contributed by atoms with Crippen molar-refractivity contribution in [3.63, 3.8) is 0 Å². The molecular weight excluding hydrogens is 768 g/mol. The molecule has 0 atom stereocenters. The van der Waals surface area contributed by atoms with E-state index in [9.17, 15) is 4.79 Å². The van der Waals surface area contributed by atoms with Gasteiger partial charge in [-0.1, -0.05) is 89.9 Å². The molecule has 0 amide bonds. The van der Waals surface area contributed by atoms with E-state index < -0.39 is 5.97 Å². The number of aromatic nitrogens is 4. The van der Waals surface area contributed by atoms with Crippen molar-refractivity contribution in [2.45, 2.75) is 31.3 Å². The molecule has 6 aromatic rings. The van der Waals surface area contributed by atoms with Crippen LogP contribution in [0.3, 0.4) is 0 Å². The van der Waals surface area contributed by atoms with Gasteiger partial charge in [0.2, 0.25) is 0 Å². The number of aliphatic carboxylic acids is 1. The van der Waals surface area contributed by atoms with Crippen molar-refractivity contribution in [3.05, 3.63) is 149 Å². The fourth-order valence-electron chi connectivity index (χ4n) is 6.56. The molecule has 1 N–H and O–H groups in total.